The normalized spacial score (nSPS) is 10.4. The number of benzene rings is 1. The van der Waals surface area contributed by atoms with Crippen molar-refractivity contribution in [2.75, 3.05) is 0 Å². The maximum atomic E-state index is 13.2. The second-order valence-electron chi connectivity index (χ2n) is 3.41. The van der Waals surface area contributed by atoms with Crippen LogP contribution in [0.1, 0.15) is 15.2 Å². The topological polar surface area (TPSA) is 56.0 Å². The summed E-state index contributed by atoms with van der Waals surface area (Å²) in [4.78, 5) is 15.3. The number of primary amides is 1. The zero-order chi connectivity index (χ0) is 11.7. The Morgan fingerprint density at radius 2 is 2.19 bits per heavy atom. The lowest BCUT2D eigenvalue weighted by Gasteiger charge is -1.98. The number of aryl methyl sites for hydroxylation is 1. The number of rotatable bonds is 2. The summed E-state index contributed by atoms with van der Waals surface area (Å²) in [5.74, 6) is -0.831. The number of carbonyl (C=O) groups excluding carboxylic acids is 1. The second-order valence-corrected chi connectivity index (χ2v) is 4.44. The van der Waals surface area contributed by atoms with Gasteiger partial charge in [-0.05, 0) is 30.7 Å². The van der Waals surface area contributed by atoms with Crippen LogP contribution in [0.15, 0.2) is 24.4 Å². The van der Waals surface area contributed by atoms with Crippen molar-refractivity contribution >= 4 is 17.2 Å². The molecule has 82 valence electrons. The summed E-state index contributed by atoms with van der Waals surface area (Å²) >= 11 is 1.16. The molecule has 0 spiro atoms. The van der Waals surface area contributed by atoms with Crippen molar-refractivity contribution in [2.45, 2.75) is 6.92 Å². The summed E-state index contributed by atoms with van der Waals surface area (Å²) in [5, 5.41) is 0.594. The largest absolute Gasteiger partial charge is 0.365 e. The van der Waals surface area contributed by atoms with Gasteiger partial charge in [0.05, 0.1) is 6.20 Å². The molecule has 0 aliphatic carbocycles. The van der Waals surface area contributed by atoms with Gasteiger partial charge in [-0.15, -0.1) is 11.3 Å². The Balaban J connectivity index is 2.46. The maximum Gasteiger partial charge on any atom is 0.260 e. The highest BCUT2D eigenvalue weighted by molar-refractivity contribution is 7.16. The first-order chi connectivity index (χ1) is 7.56. The Kier molecular flexibility index (Phi) is 2.70. The molecule has 0 unspecified atom stereocenters. The van der Waals surface area contributed by atoms with Crippen molar-refractivity contribution in [3.8, 4) is 10.6 Å². The molecule has 16 heavy (non-hydrogen) atoms. The van der Waals surface area contributed by atoms with Crippen LogP contribution in [-0.4, -0.2) is 10.9 Å². The highest BCUT2D eigenvalue weighted by atomic mass is 32.1. The van der Waals surface area contributed by atoms with Gasteiger partial charge in [0.15, 0.2) is 0 Å². The molecule has 0 aliphatic heterocycles. The van der Waals surface area contributed by atoms with Crippen molar-refractivity contribution in [1.82, 2.24) is 4.98 Å². The minimum atomic E-state index is -0.517. The van der Waals surface area contributed by atoms with Crippen LogP contribution in [0, 0.1) is 12.7 Å². The lowest BCUT2D eigenvalue weighted by Crippen LogP contribution is -2.08. The fourth-order valence-corrected chi connectivity index (χ4v) is 2.14. The fourth-order valence-electron chi connectivity index (χ4n) is 1.38. The first-order valence-corrected chi connectivity index (χ1v) is 5.41. The molecule has 0 atom stereocenters. The quantitative estimate of drug-likeness (QED) is 0.870. The number of amides is 1. The van der Waals surface area contributed by atoms with Crippen molar-refractivity contribution < 1.29 is 9.18 Å². The van der Waals surface area contributed by atoms with Crippen LogP contribution in [0.25, 0.3) is 10.6 Å². The van der Waals surface area contributed by atoms with Crippen LogP contribution in [0.5, 0.6) is 0 Å². The summed E-state index contributed by atoms with van der Waals surface area (Å²) in [6.07, 6.45) is 1.41. The molecule has 1 amide bonds. The predicted molar refractivity (Wildman–Crippen MR) is 60.8 cm³/mol. The molecular weight excluding hydrogens is 227 g/mol. The van der Waals surface area contributed by atoms with Gasteiger partial charge < -0.3 is 5.73 Å². The molecule has 0 saturated carbocycles. The van der Waals surface area contributed by atoms with E-state index < -0.39 is 5.91 Å². The van der Waals surface area contributed by atoms with Crippen LogP contribution in [-0.2, 0) is 0 Å². The number of hydrogen-bond acceptors (Lipinski definition) is 3. The number of hydrogen-bond donors (Lipinski definition) is 1. The number of aromatic nitrogens is 1. The molecule has 2 rings (SSSR count). The highest BCUT2D eigenvalue weighted by Gasteiger charge is 2.09. The van der Waals surface area contributed by atoms with E-state index in [9.17, 15) is 9.18 Å². The molecule has 1 heterocycles. The highest BCUT2D eigenvalue weighted by Crippen LogP contribution is 2.26. The van der Waals surface area contributed by atoms with Crippen molar-refractivity contribution in [1.29, 1.82) is 0 Å². The number of nitrogens with two attached hydrogens (primary N) is 1. The molecule has 2 N–H and O–H groups in total. The van der Waals surface area contributed by atoms with E-state index in [0.29, 0.717) is 15.4 Å². The molecule has 2 aromatic rings. The summed E-state index contributed by atoms with van der Waals surface area (Å²) < 4.78 is 13.2. The maximum absolute atomic E-state index is 13.2. The number of carbonyl (C=O) groups is 1. The second kappa shape index (κ2) is 4.02. The summed E-state index contributed by atoms with van der Waals surface area (Å²) in [6, 6.07) is 4.63. The predicted octanol–water partition coefficient (Wildman–Crippen LogP) is 2.36. The SMILES string of the molecule is Cc1cc(F)cc(-c2ncc(C(N)=O)s2)c1. The molecule has 0 aliphatic rings. The van der Waals surface area contributed by atoms with Gasteiger partial charge in [0.2, 0.25) is 0 Å². The molecule has 1 aromatic carbocycles. The standard InChI is InChI=1S/C11H9FN2OS/c1-6-2-7(4-8(12)3-6)11-14-5-9(16-11)10(13)15/h2-5H,1H3,(H2,13,15). The Morgan fingerprint density at radius 1 is 1.44 bits per heavy atom. The average Bonchev–Trinajstić information content (AvgIpc) is 2.64. The monoisotopic (exact) mass is 236 g/mol. The Morgan fingerprint density at radius 3 is 2.75 bits per heavy atom. The molecular formula is C11H9FN2OS. The lowest BCUT2D eigenvalue weighted by molar-refractivity contribution is 0.100. The zero-order valence-corrected chi connectivity index (χ0v) is 9.34. The number of thiazole rings is 1. The van der Waals surface area contributed by atoms with Crippen molar-refractivity contribution in [2.24, 2.45) is 5.73 Å². The van der Waals surface area contributed by atoms with Gasteiger partial charge in [-0.2, -0.15) is 0 Å². The average molecular weight is 236 g/mol. The molecule has 0 bridgehead atoms. The summed E-state index contributed by atoms with van der Waals surface area (Å²) in [7, 11) is 0. The fraction of sp³-hybridized carbons (Fsp3) is 0.0909. The molecule has 0 radical (unpaired) electrons. The first-order valence-electron chi connectivity index (χ1n) is 4.59. The van der Waals surface area contributed by atoms with E-state index in [1.807, 2.05) is 6.07 Å². The van der Waals surface area contributed by atoms with E-state index >= 15 is 0 Å². The molecule has 0 saturated heterocycles. The van der Waals surface area contributed by atoms with E-state index in [1.165, 1.54) is 18.3 Å². The van der Waals surface area contributed by atoms with Gasteiger partial charge in [-0.25, -0.2) is 9.37 Å². The van der Waals surface area contributed by atoms with E-state index in [-0.39, 0.29) is 5.82 Å². The third kappa shape index (κ3) is 2.09. The molecule has 5 heteroatoms. The van der Waals surface area contributed by atoms with E-state index in [0.717, 1.165) is 16.9 Å². The third-order valence-electron chi connectivity index (χ3n) is 2.04. The molecule has 1 aromatic heterocycles. The summed E-state index contributed by atoms with van der Waals surface area (Å²) in [6.45, 7) is 1.80. The van der Waals surface area contributed by atoms with Crippen molar-refractivity contribution in [3.63, 3.8) is 0 Å². The smallest absolute Gasteiger partial charge is 0.260 e. The Hall–Kier alpha value is -1.75. The first kappa shape index (κ1) is 10.8. The van der Waals surface area contributed by atoms with E-state index in [1.54, 1.807) is 6.92 Å². The van der Waals surface area contributed by atoms with E-state index in [2.05, 4.69) is 4.98 Å². The zero-order valence-electron chi connectivity index (χ0n) is 8.53. The minimum absolute atomic E-state index is 0.314. The minimum Gasteiger partial charge on any atom is -0.365 e. The molecule has 0 fully saturated rings. The molecule has 3 nitrogen and oxygen atoms in total. The van der Waals surface area contributed by atoms with Gasteiger partial charge >= 0.3 is 0 Å². The van der Waals surface area contributed by atoms with Crippen LogP contribution < -0.4 is 5.73 Å². The number of halogens is 1. The van der Waals surface area contributed by atoms with Gasteiger partial charge in [-0.1, -0.05) is 0 Å². The number of nitrogens with zero attached hydrogens (tertiary/aromatic N) is 1. The van der Waals surface area contributed by atoms with Crippen LogP contribution in [0.3, 0.4) is 0 Å². The Labute approximate surface area is 95.7 Å². The lowest BCUT2D eigenvalue weighted by atomic mass is 10.1. The van der Waals surface area contributed by atoms with E-state index in [4.69, 9.17) is 5.73 Å². The van der Waals surface area contributed by atoms with Crippen LogP contribution in [0.2, 0.25) is 0 Å². The van der Waals surface area contributed by atoms with Gasteiger partial charge in [0.1, 0.15) is 15.7 Å². The van der Waals surface area contributed by atoms with Gasteiger partial charge in [0, 0.05) is 5.56 Å². The van der Waals surface area contributed by atoms with Gasteiger partial charge in [-0.3, -0.25) is 4.79 Å². The summed E-state index contributed by atoms with van der Waals surface area (Å²) in [5.41, 5.74) is 6.60. The van der Waals surface area contributed by atoms with Crippen LogP contribution >= 0.6 is 11.3 Å². The van der Waals surface area contributed by atoms with Crippen LogP contribution in [0.4, 0.5) is 4.39 Å². The van der Waals surface area contributed by atoms with Crippen molar-refractivity contribution in [3.05, 3.63) is 40.7 Å². The third-order valence-corrected chi connectivity index (χ3v) is 3.10. The Bertz CT molecular complexity index is 530. The van der Waals surface area contributed by atoms with Gasteiger partial charge in [0.25, 0.3) is 5.91 Å².